The predicted molar refractivity (Wildman–Crippen MR) is 134 cm³/mol. The van der Waals surface area contributed by atoms with E-state index in [0.29, 0.717) is 11.7 Å². The number of methoxy groups -OCH3 is 1. The Morgan fingerprint density at radius 2 is 2.06 bits per heavy atom. The van der Waals surface area contributed by atoms with Crippen LogP contribution in [0.1, 0.15) is 18.4 Å². The van der Waals surface area contributed by atoms with Crippen molar-refractivity contribution < 1.29 is 9.13 Å². The highest BCUT2D eigenvalue weighted by Gasteiger charge is 2.31. The fraction of sp³-hybridized carbons (Fsp3) is 0.375. The number of nitrogens with zero attached hydrogens (tertiary/aromatic N) is 3. The molecule has 1 fully saturated rings. The fourth-order valence-corrected chi connectivity index (χ4v) is 5.61. The number of halogens is 2. The molecule has 0 aliphatic carbocycles. The lowest BCUT2D eigenvalue weighted by atomic mass is 10.0. The van der Waals surface area contributed by atoms with E-state index in [-0.39, 0.29) is 18.2 Å². The minimum atomic E-state index is -0.259. The summed E-state index contributed by atoms with van der Waals surface area (Å²) in [4.78, 5) is 9.95. The second-order valence-corrected chi connectivity index (χ2v) is 9.29. The molecule has 5 rings (SSSR count). The third kappa shape index (κ3) is 4.35. The number of piperazine rings is 1. The van der Waals surface area contributed by atoms with Crippen molar-refractivity contribution in [2.24, 2.45) is 4.99 Å². The van der Waals surface area contributed by atoms with Crippen molar-refractivity contribution in [3.63, 3.8) is 0 Å². The summed E-state index contributed by atoms with van der Waals surface area (Å²) in [5.41, 5.74) is 2.62. The summed E-state index contributed by atoms with van der Waals surface area (Å²) >= 11 is 1.70. The number of rotatable bonds is 4. The van der Waals surface area contributed by atoms with Crippen LogP contribution in [0.3, 0.4) is 0 Å². The molecule has 3 heterocycles. The number of aliphatic imine (C=N–C) groups is 1. The summed E-state index contributed by atoms with van der Waals surface area (Å²) in [6.07, 6.45) is 2.13. The van der Waals surface area contributed by atoms with Crippen molar-refractivity contribution in [1.29, 1.82) is 0 Å². The van der Waals surface area contributed by atoms with Gasteiger partial charge in [-0.2, -0.15) is 0 Å². The van der Waals surface area contributed by atoms with E-state index >= 15 is 0 Å². The van der Waals surface area contributed by atoms with Crippen LogP contribution in [0.15, 0.2) is 47.5 Å². The second kappa shape index (κ2) is 9.75. The smallest absolute Gasteiger partial charge is 0.140 e. The predicted octanol–water partition coefficient (Wildman–Crippen LogP) is 5.64. The Balaban J connectivity index is 0.00000245. The van der Waals surface area contributed by atoms with Crippen molar-refractivity contribution in [2.45, 2.75) is 18.9 Å². The Morgan fingerprint density at radius 1 is 1.22 bits per heavy atom. The maximum absolute atomic E-state index is 14.0. The molecule has 1 saturated heterocycles. The Hall–Kier alpha value is -2.19. The van der Waals surface area contributed by atoms with E-state index in [2.05, 4.69) is 46.4 Å². The molecule has 3 aromatic rings. The quantitative estimate of drug-likeness (QED) is 0.497. The van der Waals surface area contributed by atoms with Gasteiger partial charge in [0.2, 0.25) is 0 Å². The molecular weight excluding hydrogens is 447 g/mol. The van der Waals surface area contributed by atoms with Crippen LogP contribution in [0.4, 0.5) is 20.8 Å². The summed E-state index contributed by atoms with van der Waals surface area (Å²) in [6.45, 7) is 3.60. The van der Waals surface area contributed by atoms with Crippen molar-refractivity contribution in [3.05, 3.63) is 53.8 Å². The Morgan fingerprint density at radius 3 is 2.91 bits per heavy atom. The van der Waals surface area contributed by atoms with Gasteiger partial charge in [-0.1, -0.05) is 18.2 Å². The third-order valence-electron chi connectivity index (χ3n) is 6.21. The first-order valence-electron chi connectivity index (χ1n) is 10.8. The van der Waals surface area contributed by atoms with E-state index in [9.17, 15) is 4.39 Å². The van der Waals surface area contributed by atoms with Gasteiger partial charge in [-0.15, -0.1) is 23.7 Å². The molecule has 170 valence electrons. The van der Waals surface area contributed by atoms with Crippen LogP contribution >= 0.6 is 23.7 Å². The zero-order valence-corrected chi connectivity index (χ0v) is 19.9. The summed E-state index contributed by atoms with van der Waals surface area (Å²) in [6, 6.07) is 13.7. The van der Waals surface area contributed by atoms with Gasteiger partial charge in [0.1, 0.15) is 16.7 Å². The van der Waals surface area contributed by atoms with Gasteiger partial charge in [-0.25, -0.2) is 9.38 Å². The van der Waals surface area contributed by atoms with Crippen LogP contribution in [0.25, 0.3) is 10.1 Å². The van der Waals surface area contributed by atoms with E-state index in [0.717, 1.165) is 61.2 Å². The highest BCUT2D eigenvalue weighted by molar-refractivity contribution is 7.23. The van der Waals surface area contributed by atoms with Gasteiger partial charge in [0.25, 0.3) is 0 Å². The molecule has 1 unspecified atom stereocenters. The van der Waals surface area contributed by atoms with Gasteiger partial charge in [-0.3, -0.25) is 4.90 Å². The molecule has 0 spiro atoms. The molecule has 0 radical (unpaired) electrons. The van der Waals surface area contributed by atoms with Gasteiger partial charge < -0.3 is 15.0 Å². The lowest BCUT2D eigenvalue weighted by Gasteiger charge is -2.41. The monoisotopic (exact) mass is 474 g/mol. The zero-order chi connectivity index (χ0) is 21.4. The molecule has 8 heteroatoms. The van der Waals surface area contributed by atoms with E-state index in [1.807, 2.05) is 0 Å². The van der Waals surface area contributed by atoms with E-state index in [1.165, 1.54) is 22.2 Å². The Labute approximate surface area is 198 Å². The number of nitrogens with one attached hydrogen (secondary N) is 1. The van der Waals surface area contributed by atoms with Crippen molar-refractivity contribution in [1.82, 2.24) is 9.80 Å². The Kier molecular flexibility index (Phi) is 7.00. The lowest BCUT2D eigenvalue weighted by Crippen LogP contribution is -2.53. The average molecular weight is 475 g/mol. The van der Waals surface area contributed by atoms with Crippen LogP contribution in [0.2, 0.25) is 0 Å². The number of likely N-dealkylation sites (N-methyl/N-ethyl adjacent to an activating group) is 1. The third-order valence-corrected chi connectivity index (χ3v) is 7.30. The summed E-state index contributed by atoms with van der Waals surface area (Å²) in [5.74, 6) is 0.723. The number of ether oxygens (including phenoxy) is 1. The summed E-state index contributed by atoms with van der Waals surface area (Å²) in [7, 11) is 3.96. The van der Waals surface area contributed by atoms with Gasteiger partial charge in [0.05, 0.1) is 16.9 Å². The molecule has 2 aliphatic heterocycles. The first-order chi connectivity index (χ1) is 15.1. The highest BCUT2D eigenvalue weighted by Crippen LogP contribution is 2.43. The fourth-order valence-electron chi connectivity index (χ4n) is 4.50. The standard InChI is InChI=1S/C24H27FN4OS.ClH/c1-28-11-12-29(15-17(28)6-5-13-30-2)23-22-18-7-3-4-8-21(18)31-24(22)27-20-14-16(25)9-10-19(20)26-23;/h3-4,7-10,14,17,27H,5-6,11-13,15H2,1-2H3;1H. The second-order valence-electron chi connectivity index (χ2n) is 8.24. The van der Waals surface area contributed by atoms with Crippen molar-refractivity contribution in [3.8, 4) is 0 Å². The maximum atomic E-state index is 14.0. The number of benzene rings is 2. The van der Waals surface area contributed by atoms with E-state index in [4.69, 9.17) is 9.73 Å². The minimum absolute atomic E-state index is 0. The molecule has 1 aromatic heterocycles. The van der Waals surface area contributed by atoms with Gasteiger partial charge in [0.15, 0.2) is 0 Å². The van der Waals surface area contributed by atoms with Crippen LogP contribution in [-0.2, 0) is 4.74 Å². The molecule has 0 bridgehead atoms. The number of amidine groups is 1. The van der Waals surface area contributed by atoms with Gasteiger partial charge >= 0.3 is 0 Å². The van der Waals surface area contributed by atoms with Crippen LogP contribution in [0.5, 0.6) is 0 Å². The van der Waals surface area contributed by atoms with Crippen LogP contribution in [0, 0.1) is 5.82 Å². The molecule has 0 saturated carbocycles. The molecule has 5 nitrogen and oxygen atoms in total. The molecular formula is C24H28ClFN4OS. The molecule has 2 aliphatic rings. The van der Waals surface area contributed by atoms with E-state index < -0.39 is 0 Å². The first-order valence-corrected chi connectivity index (χ1v) is 11.6. The molecule has 1 N–H and O–H groups in total. The van der Waals surface area contributed by atoms with Crippen LogP contribution in [-0.4, -0.2) is 62.1 Å². The average Bonchev–Trinajstić information content (AvgIpc) is 3.04. The van der Waals surface area contributed by atoms with Crippen molar-refractivity contribution in [2.75, 3.05) is 45.7 Å². The number of hydrogen-bond acceptors (Lipinski definition) is 6. The summed E-state index contributed by atoms with van der Waals surface area (Å²) < 4.78 is 20.5. The number of hydrogen-bond donors (Lipinski definition) is 1. The van der Waals surface area contributed by atoms with Gasteiger partial charge in [-0.05, 0) is 44.2 Å². The SMILES string of the molecule is COCCCC1CN(C2=Nc3ccc(F)cc3Nc3sc4ccccc4c32)CCN1C.Cl. The van der Waals surface area contributed by atoms with Crippen LogP contribution < -0.4 is 5.32 Å². The molecule has 0 amide bonds. The zero-order valence-electron chi connectivity index (χ0n) is 18.3. The minimum Gasteiger partial charge on any atom is -0.385 e. The van der Waals surface area contributed by atoms with E-state index in [1.54, 1.807) is 24.5 Å². The summed E-state index contributed by atoms with van der Waals surface area (Å²) in [5, 5.41) is 5.69. The van der Waals surface area contributed by atoms with Crippen molar-refractivity contribution >= 4 is 56.0 Å². The highest BCUT2D eigenvalue weighted by atomic mass is 35.5. The number of anilines is 2. The normalized spacial score (nSPS) is 18.3. The lowest BCUT2D eigenvalue weighted by molar-refractivity contribution is 0.119. The largest absolute Gasteiger partial charge is 0.385 e. The Bertz CT molecular complexity index is 1130. The molecule has 32 heavy (non-hydrogen) atoms. The first kappa shape index (κ1) is 23.0. The molecule has 1 atom stereocenters. The topological polar surface area (TPSA) is 40.1 Å². The number of thiophene rings is 1. The molecule has 2 aromatic carbocycles. The van der Waals surface area contributed by atoms with Gasteiger partial charge in [0, 0.05) is 49.5 Å². The number of fused-ring (bicyclic) bond motifs is 4. The maximum Gasteiger partial charge on any atom is 0.140 e.